The average Bonchev–Trinajstić information content (AvgIpc) is 2.88. The van der Waals surface area contributed by atoms with Gasteiger partial charge in [0, 0.05) is 23.6 Å². The van der Waals surface area contributed by atoms with Gasteiger partial charge in [-0.2, -0.15) is 0 Å². The van der Waals surface area contributed by atoms with E-state index in [1.54, 1.807) is 13.0 Å². The molecule has 1 N–H and O–H groups in total. The number of alkyl carbamates (subject to hydrolysis) is 1. The van der Waals surface area contributed by atoms with E-state index in [1.807, 2.05) is 43.3 Å². The van der Waals surface area contributed by atoms with Crippen molar-refractivity contribution in [3.63, 3.8) is 0 Å². The maximum Gasteiger partial charge on any atom is 0.407 e. The lowest BCUT2D eigenvalue weighted by atomic mass is 9.82. The quantitative estimate of drug-likeness (QED) is 0.282. The van der Waals surface area contributed by atoms with Gasteiger partial charge in [0.15, 0.2) is 0 Å². The van der Waals surface area contributed by atoms with E-state index in [-0.39, 0.29) is 18.5 Å². The molecule has 1 saturated carbocycles. The van der Waals surface area contributed by atoms with Gasteiger partial charge in [0.1, 0.15) is 17.9 Å². The molecule has 1 fully saturated rings. The first-order valence-electron chi connectivity index (χ1n) is 12.2. The van der Waals surface area contributed by atoms with Crippen molar-refractivity contribution in [3.8, 4) is 5.75 Å². The number of carbonyl (C=O) groups excluding carboxylic acids is 2. The van der Waals surface area contributed by atoms with Crippen LogP contribution in [0.4, 0.5) is 4.79 Å². The molecule has 2 aromatic carbocycles. The largest absolute Gasteiger partial charge is 0.445 e. The number of aryl methyl sites for hydroxylation is 2. The van der Waals surface area contributed by atoms with Crippen LogP contribution in [0.25, 0.3) is 11.0 Å². The third-order valence-electron chi connectivity index (χ3n) is 6.72. The number of hydrogen-bond acceptors (Lipinski definition) is 6. The Morgan fingerprint density at radius 1 is 1.06 bits per heavy atom. The van der Waals surface area contributed by atoms with Gasteiger partial charge in [-0.15, -0.1) is 0 Å². The molecule has 184 valence electrons. The van der Waals surface area contributed by atoms with E-state index >= 15 is 0 Å². The Hall–Kier alpha value is -3.61. The van der Waals surface area contributed by atoms with E-state index in [0.717, 1.165) is 29.4 Å². The maximum absolute atomic E-state index is 12.8. The number of rotatable bonds is 7. The Morgan fingerprint density at radius 2 is 1.80 bits per heavy atom. The second kappa shape index (κ2) is 11.2. The predicted molar refractivity (Wildman–Crippen MR) is 132 cm³/mol. The first-order valence-corrected chi connectivity index (χ1v) is 12.2. The normalized spacial score (nSPS) is 17.7. The van der Waals surface area contributed by atoms with Crippen LogP contribution in [0.3, 0.4) is 0 Å². The molecule has 0 radical (unpaired) electrons. The van der Waals surface area contributed by atoms with Gasteiger partial charge in [-0.25, -0.2) is 9.59 Å². The fourth-order valence-corrected chi connectivity index (χ4v) is 4.61. The second-order valence-corrected chi connectivity index (χ2v) is 9.09. The highest BCUT2D eigenvalue weighted by atomic mass is 16.5. The summed E-state index contributed by atoms with van der Waals surface area (Å²) in [6.45, 7) is 4.55. The van der Waals surface area contributed by atoms with Gasteiger partial charge < -0.3 is 19.2 Å². The van der Waals surface area contributed by atoms with Crippen LogP contribution in [0.1, 0.15) is 49.3 Å². The molecule has 35 heavy (non-hydrogen) atoms. The minimum atomic E-state index is -0.431. The lowest BCUT2D eigenvalue weighted by molar-refractivity contribution is -0.140. The number of fused-ring (bicyclic) bond motifs is 1. The van der Waals surface area contributed by atoms with Gasteiger partial charge in [-0.3, -0.25) is 4.79 Å². The summed E-state index contributed by atoms with van der Waals surface area (Å²) in [5.41, 5.74) is 2.56. The number of benzene rings is 2. The molecule has 1 aliphatic rings. The van der Waals surface area contributed by atoms with Crippen LogP contribution in [0, 0.1) is 18.8 Å². The summed E-state index contributed by atoms with van der Waals surface area (Å²) in [5, 5.41) is 3.69. The van der Waals surface area contributed by atoms with E-state index in [9.17, 15) is 14.4 Å². The summed E-state index contributed by atoms with van der Waals surface area (Å²) in [4.78, 5) is 36.7. The van der Waals surface area contributed by atoms with Crippen molar-refractivity contribution in [2.24, 2.45) is 11.8 Å². The standard InChI is InChI=1S/C28H31NO6/c1-3-21-15-25(30)35-26-18(2)24(14-13-23(21)26)34-27(31)22-11-9-19(10-12-22)16-29-28(32)33-17-20-7-5-4-6-8-20/h4-8,13-15,19,22H,3,9-12,16-17H2,1-2H3,(H,29,32). The molecule has 1 aromatic heterocycles. The van der Waals surface area contributed by atoms with Crippen LogP contribution in [0.5, 0.6) is 5.75 Å². The first kappa shape index (κ1) is 24.5. The zero-order chi connectivity index (χ0) is 24.8. The number of hydrogen-bond donors (Lipinski definition) is 1. The zero-order valence-electron chi connectivity index (χ0n) is 20.2. The van der Waals surface area contributed by atoms with Crippen molar-refractivity contribution in [1.29, 1.82) is 0 Å². The van der Waals surface area contributed by atoms with Crippen LogP contribution in [-0.4, -0.2) is 18.6 Å². The summed E-state index contributed by atoms with van der Waals surface area (Å²) in [6, 6.07) is 14.7. The molecular weight excluding hydrogens is 446 g/mol. The van der Waals surface area contributed by atoms with Gasteiger partial charge in [0.25, 0.3) is 0 Å². The molecule has 0 unspecified atom stereocenters. The molecule has 7 nitrogen and oxygen atoms in total. The zero-order valence-corrected chi connectivity index (χ0v) is 20.2. The molecule has 0 saturated heterocycles. The Labute approximate surface area is 204 Å². The predicted octanol–water partition coefficient (Wildman–Crippen LogP) is 5.30. The van der Waals surface area contributed by atoms with Gasteiger partial charge in [0.05, 0.1) is 5.92 Å². The van der Waals surface area contributed by atoms with Gasteiger partial charge in [-0.05, 0) is 68.2 Å². The Morgan fingerprint density at radius 3 is 2.51 bits per heavy atom. The highest BCUT2D eigenvalue weighted by molar-refractivity contribution is 5.86. The van der Waals surface area contributed by atoms with Crippen LogP contribution >= 0.6 is 0 Å². The monoisotopic (exact) mass is 477 g/mol. The van der Waals surface area contributed by atoms with E-state index in [0.29, 0.717) is 48.6 Å². The summed E-state index contributed by atoms with van der Waals surface area (Å²) in [6.07, 6.45) is 3.33. The minimum Gasteiger partial charge on any atom is -0.445 e. The summed E-state index contributed by atoms with van der Waals surface area (Å²) in [7, 11) is 0. The SMILES string of the molecule is CCc1cc(=O)oc2c(C)c(OC(=O)C3CCC(CNC(=O)OCc4ccccc4)CC3)ccc12. The lowest BCUT2D eigenvalue weighted by Gasteiger charge is -2.27. The molecule has 1 aliphatic carbocycles. The van der Waals surface area contributed by atoms with Gasteiger partial charge in [-0.1, -0.05) is 37.3 Å². The molecule has 3 aromatic rings. The molecule has 0 aliphatic heterocycles. The first-order chi connectivity index (χ1) is 16.9. The number of carbonyl (C=O) groups is 2. The van der Waals surface area contributed by atoms with E-state index in [2.05, 4.69) is 5.32 Å². The van der Waals surface area contributed by atoms with Crippen molar-refractivity contribution in [2.45, 2.75) is 52.6 Å². The fourth-order valence-electron chi connectivity index (χ4n) is 4.61. The molecule has 7 heteroatoms. The number of nitrogens with one attached hydrogen (secondary N) is 1. The number of amides is 1. The van der Waals surface area contributed by atoms with Crippen molar-refractivity contribution in [2.75, 3.05) is 6.54 Å². The Bertz CT molecular complexity index is 1240. The molecule has 0 spiro atoms. The average molecular weight is 478 g/mol. The molecular formula is C28H31NO6. The van der Waals surface area contributed by atoms with Crippen molar-refractivity contribution in [1.82, 2.24) is 5.32 Å². The molecule has 4 rings (SSSR count). The van der Waals surface area contributed by atoms with Crippen molar-refractivity contribution < 1.29 is 23.5 Å². The smallest absolute Gasteiger partial charge is 0.407 e. The minimum absolute atomic E-state index is 0.194. The maximum atomic E-state index is 12.8. The third kappa shape index (κ3) is 6.10. The van der Waals surface area contributed by atoms with E-state index < -0.39 is 11.7 Å². The van der Waals surface area contributed by atoms with Crippen molar-refractivity contribution in [3.05, 3.63) is 75.6 Å². The number of ether oxygens (including phenoxy) is 2. The second-order valence-electron chi connectivity index (χ2n) is 9.09. The Kier molecular flexibility index (Phi) is 7.85. The summed E-state index contributed by atoms with van der Waals surface area (Å²) >= 11 is 0. The molecule has 0 atom stereocenters. The van der Waals surface area contributed by atoms with E-state index in [4.69, 9.17) is 13.9 Å². The number of esters is 1. The van der Waals surface area contributed by atoms with Crippen LogP contribution in [0.2, 0.25) is 0 Å². The van der Waals surface area contributed by atoms with Crippen LogP contribution in [0.15, 0.2) is 57.7 Å². The van der Waals surface area contributed by atoms with Gasteiger partial charge in [0.2, 0.25) is 0 Å². The van der Waals surface area contributed by atoms with Crippen LogP contribution in [-0.2, 0) is 22.6 Å². The summed E-state index contributed by atoms with van der Waals surface area (Å²) in [5.74, 6) is 0.256. The summed E-state index contributed by atoms with van der Waals surface area (Å²) < 4.78 is 16.4. The Balaban J connectivity index is 1.26. The van der Waals surface area contributed by atoms with Crippen LogP contribution < -0.4 is 15.7 Å². The fraction of sp³-hybridized carbons (Fsp3) is 0.393. The van der Waals surface area contributed by atoms with E-state index in [1.165, 1.54) is 6.07 Å². The van der Waals surface area contributed by atoms with Crippen molar-refractivity contribution >= 4 is 23.0 Å². The third-order valence-corrected chi connectivity index (χ3v) is 6.72. The highest BCUT2D eigenvalue weighted by Crippen LogP contribution is 2.32. The highest BCUT2D eigenvalue weighted by Gasteiger charge is 2.28. The topological polar surface area (TPSA) is 94.8 Å². The lowest BCUT2D eigenvalue weighted by Crippen LogP contribution is -2.33. The molecule has 0 bridgehead atoms. The molecule has 1 amide bonds. The van der Waals surface area contributed by atoms with Gasteiger partial charge >= 0.3 is 17.7 Å². The molecule has 1 heterocycles.